The maximum absolute atomic E-state index is 11.8. The van der Waals surface area contributed by atoms with E-state index >= 15 is 0 Å². The lowest BCUT2D eigenvalue weighted by molar-refractivity contribution is 0.151. The Morgan fingerprint density at radius 2 is 2.18 bits per heavy atom. The normalized spacial score (nSPS) is 10.6. The Bertz CT molecular complexity index is 219. The summed E-state index contributed by atoms with van der Waals surface area (Å²) in [4.78, 5) is 3.29. The molecule has 1 rings (SSSR count). The smallest absolute Gasteiger partial charge is 0.423 e. The molecule has 1 aromatic heterocycles. The Morgan fingerprint density at radius 3 is 2.45 bits per heavy atom. The Kier molecular flexibility index (Phi) is 2.53. The number of hydrogen-bond donors (Lipinski definition) is 2. The van der Waals surface area contributed by atoms with Gasteiger partial charge in [-0.3, -0.25) is 0 Å². The van der Waals surface area contributed by atoms with Crippen molar-refractivity contribution < 1.29 is 18.8 Å². The van der Waals surface area contributed by atoms with E-state index in [9.17, 15) is 8.78 Å². The second-order valence-corrected chi connectivity index (χ2v) is 2.87. The summed E-state index contributed by atoms with van der Waals surface area (Å²) in [5.41, 5.74) is 0. The van der Waals surface area contributed by atoms with E-state index in [1.54, 1.807) is 0 Å². The van der Waals surface area contributed by atoms with Crippen LogP contribution in [0, 0.1) is 0 Å². The van der Waals surface area contributed by atoms with Crippen LogP contribution >= 0.6 is 11.3 Å². The summed E-state index contributed by atoms with van der Waals surface area (Å²) in [6, 6.07) is 0. The molecule has 0 unspecified atom stereocenters. The first-order valence-electron chi connectivity index (χ1n) is 2.71. The van der Waals surface area contributed by atoms with E-state index in [1.807, 2.05) is 0 Å². The molecule has 0 aliphatic heterocycles. The van der Waals surface area contributed by atoms with Crippen molar-refractivity contribution in [3.63, 3.8) is 0 Å². The summed E-state index contributed by atoms with van der Waals surface area (Å²) in [7, 11) is -1.71. The highest BCUT2D eigenvalue weighted by atomic mass is 32.1. The van der Waals surface area contributed by atoms with Gasteiger partial charge in [0, 0.05) is 6.20 Å². The molecule has 0 amide bonds. The number of aromatic nitrogens is 1. The number of rotatable bonds is 2. The summed E-state index contributed by atoms with van der Waals surface area (Å²) in [5, 5.41) is 16.6. The van der Waals surface area contributed by atoms with Gasteiger partial charge >= 0.3 is 7.12 Å². The zero-order valence-corrected chi connectivity index (χ0v) is 6.05. The van der Waals surface area contributed by atoms with Gasteiger partial charge in [-0.15, -0.1) is 11.3 Å². The Morgan fingerprint density at radius 1 is 1.55 bits per heavy atom. The zero-order valence-electron chi connectivity index (χ0n) is 5.24. The maximum atomic E-state index is 11.8. The number of halogens is 2. The third-order valence-electron chi connectivity index (χ3n) is 0.983. The average Bonchev–Trinajstić information content (AvgIpc) is 2.33. The maximum Gasteiger partial charge on any atom is 0.500 e. The molecule has 3 nitrogen and oxygen atoms in total. The molecule has 0 aromatic carbocycles. The SMILES string of the molecule is OB(O)c1cnc(C(F)F)s1. The highest BCUT2D eigenvalue weighted by Crippen LogP contribution is 2.18. The summed E-state index contributed by atoms with van der Waals surface area (Å²) in [6.07, 6.45) is -1.62. The number of nitrogens with zero attached hydrogens (tertiary/aromatic N) is 1. The van der Waals surface area contributed by atoms with Crippen molar-refractivity contribution in [1.82, 2.24) is 4.98 Å². The van der Waals surface area contributed by atoms with Crippen LogP contribution in [0.2, 0.25) is 0 Å². The molecule has 11 heavy (non-hydrogen) atoms. The molecule has 7 heteroatoms. The minimum Gasteiger partial charge on any atom is -0.423 e. The average molecular weight is 179 g/mol. The van der Waals surface area contributed by atoms with Crippen molar-refractivity contribution in [2.75, 3.05) is 0 Å². The molecule has 0 atom stereocenters. The van der Waals surface area contributed by atoms with E-state index < -0.39 is 18.6 Å². The van der Waals surface area contributed by atoms with Gasteiger partial charge in [0.05, 0.1) is 4.78 Å². The largest absolute Gasteiger partial charge is 0.500 e. The lowest BCUT2D eigenvalue weighted by Gasteiger charge is -1.89. The van der Waals surface area contributed by atoms with Crippen LogP contribution in [0.3, 0.4) is 0 Å². The molecule has 0 aliphatic rings. The first-order chi connectivity index (χ1) is 5.11. The fourth-order valence-corrected chi connectivity index (χ4v) is 1.17. The molecule has 0 aliphatic carbocycles. The lowest BCUT2D eigenvalue weighted by atomic mass is 9.91. The predicted octanol–water partition coefficient (Wildman–Crippen LogP) is -0.240. The van der Waals surface area contributed by atoms with Crippen LogP contribution in [-0.2, 0) is 0 Å². The van der Waals surface area contributed by atoms with Gasteiger partial charge in [-0.1, -0.05) is 0 Å². The van der Waals surface area contributed by atoms with Crippen molar-refractivity contribution in [3.05, 3.63) is 11.2 Å². The molecule has 2 N–H and O–H groups in total. The van der Waals surface area contributed by atoms with Crippen molar-refractivity contribution in [1.29, 1.82) is 0 Å². The van der Waals surface area contributed by atoms with E-state index in [2.05, 4.69) is 4.98 Å². The third kappa shape index (κ3) is 1.95. The zero-order chi connectivity index (χ0) is 8.43. The fraction of sp³-hybridized carbons (Fsp3) is 0.250. The van der Waals surface area contributed by atoms with Crippen LogP contribution < -0.4 is 4.78 Å². The minimum atomic E-state index is -2.65. The van der Waals surface area contributed by atoms with Crippen LogP contribution in [0.25, 0.3) is 0 Å². The number of thiazole rings is 1. The number of hydrogen-bond acceptors (Lipinski definition) is 4. The molecule has 1 aromatic rings. The summed E-state index contributed by atoms with van der Waals surface area (Å²) < 4.78 is 23.7. The molecular weight excluding hydrogens is 175 g/mol. The van der Waals surface area contributed by atoms with Gasteiger partial charge in [0.1, 0.15) is 0 Å². The van der Waals surface area contributed by atoms with Crippen molar-refractivity contribution in [3.8, 4) is 0 Å². The van der Waals surface area contributed by atoms with E-state index in [0.29, 0.717) is 11.3 Å². The van der Waals surface area contributed by atoms with Gasteiger partial charge in [0.25, 0.3) is 6.43 Å². The fourth-order valence-electron chi connectivity index (χ4n) is 0.521. The molecule has 0 fully saturated rings. The first kappa shape index (κ1) is 8.57. The Balaban J connectivity index is 2.82. The molecular formula is C4H4BF2NO2S. The first-order valence-corrected chi connectivity index (χ1v) is 3.53. The quantitative estimate of drug-likeness (QED) is 0.616. The summed E-state index contributed by atoms with van der Waals surface area (Å²) >= 11 is 0.588. The highest BCUT2D eigenvalue weighted by Gasteiger charge is 2.18. The van der Waals surface area contributed by atoms with Crippen molar-refractivity contribution in [2.45, 2.75) is 6.43 Å². The van der Waals surface area contributed by atoms with E-state index in [1.165, 1.54) is 0 Å². The standard InChI is InChI=1S/C4H4BF2NO2S/c6-3(7)4-8-1-2(11-4)5(9)10/h1,3,9-10H. The van der Waals surface area contributed by atoms with Gasteiger partial charge in [0.15, 0.2) is 5.01 Å². The molecule has 1 heterocycles. The highest BCUT2D eigenvalue weighted by molar-refractivity contribution is 7.21. The van der Waals surface area contributed by atoms with E-state index in [0.717, 1.165) is 6.20 Å². The van der Waals surface area contributed by atoms with Crippen LogP contribution in [0.4, 0.5) is 8.78 Å². The number of alkyl halides is 2. The Hall–Kier alpha value is -0.525. The molecule has 0 radical (unpaired) electrons. The summed E-state index contributed by atoms with van der Waals surface area (Å²) in [5.74, 6) is 0. The van der Waals surface area contributed by atoms with Gasteiger partial charge in [-0.05, 0) is 0 Å². The van der Waals surface area contributed by atoms with Crippen LogP contribution in [0.1, 0.15) is 11.4 Å². The second-order valence-electron chi connectivity index (χ2n) is 1.78. The molecule has 0 spiro atoms. The van der Waals surface area contributed by atoms with E-state index in [4.69, 9.17) is 10.0 Å². The monoisotopic (exact) mass is 179 g/mol. The van der Waals surface area contributed by atoms with E-state index in [-0.39, 0.29) is 4.78 Å². The van der Waals surface area contributed by atoms with Crippen LogP contribution in [0.5, 0.6) is 0 Å². The summed E-state index contributed by atoms with van der Waals surface area (Å²) in [6.45, 7) is 0. The van der Waals surface area contributed by atoms with Gasteiger partial charge in [-0.2, -0.15) is 0 Å². The molecule has 0 bridgehead atoms. The topological polar surface area (TPSA) is 53.4 Å². The molecule has 0 saturated heterocycles. The second kappa shape index (κ2) is 3.25. The van der Waals surface area contributed by atoms with Crippen molar-refractivity contribution >= 4 is 23.2 Å². The minimum absolute atomic E-state index is 0.0281. The third-order valence-corrected chi connectivity index (χ3v) is 2.03. The van der Waals surface area contributed by atoms with Crippen LogP contribution in [0.15, 0.2) is 6.20 Å². The Labute approximate surface area is 65.5 Å². The van der Waals surface area contributed by atoms with Gasteiger partial charge < -0.3 is 10.0 Å². The van der Waals surface area contributed by atoms with Crippen molar-refractivity contribution in [2.24, 2.45) is 0 Å². The van der Waals surface area contributed by atoms with Crippen LogP contribution in [-0.4, -0.2) is 22.2 Å². The molecule has 0 saturated carbocycles. The predicted molar refractivity (Wildman–Crippen MR) is 36.9 cm³/mol. The van der Waals surface area contributed by atoms with Gasteiger partial charge in [0.2, 0.25) is 0 Å². The molecule has 60 valence electrons. The lowest BCUT2D eigenvalue weighted by Crippen LogP contribution is -2.26. The van der Waals surface area contributed by atoms with Gasteiger partial charge in [-0.25, -0.2) is 13.8 Å².